The Balaban J connectivity index is 2.39. The average Bonchev–Trinajstić information content (AvgIpc) is 2.44. The molecule has 0 aromatic carbocycles. The minimum absolute atomic E-state index is 0.266. The number of pyridine rings is 1. The van der Waals surface area contributed by atoms with E-state index in [1.165, 1.54) is 0 Å². The number of rotatable bonds is 9. The van der Waals surface area contributed by atoms with Gasteiger partial charge >= 0.3 is 0 Å². The van der Waals surface area contributed by atoms with Crippen LogP contribution in [-0.4, -0.2) is 38.5 Å². The standard InChI is InChI=1S/C14H18BrN3O2S2/c1-3-6-17-14(11-22(2,19)20)18-8-9-21-10-13-12(15)5-4-7-16-13/h1,4-5,7,11,17-18H,6,8-10H2,2H3. The molecule has 1 heterocycles. The van der Waals surface area contributed by atoms with Gasteiger partial charge in [0.25, 0.3) is 0 Å². The van der Waals surface area contributed by atoms with E-state index >= 15 is 0 Å². The Hall–Kier alpha value is -1.17. The quantitative estimate of drug-likeness (QED) is 0.483. The number of sulfone groups is 1. The lowest BCUT2D eigenvalue weighted by molar-refractivity contribution is 0.608. The first-order chi connectivity index (χ1) is 10.4. The van der Waals surface area contributed by atoms with Crippen LogP contribution in [0.15, 0.2) is 34.0 Å². The largest absolute Gasteiger partial charge is 0.370 e. The van der Waals surface area contributed by atoms with Crippen LogP contribution in [0.25, 0.3) is 0 Å². The van der Waals surface area contributed by atoms with E-state index in [-0.39, 0.29) is 6.54 Å². The maximum absolute atomic E-state index is 11.3. The Labute approximate surface area is 144 Å². The fourth-order valence-electron chi connectivity index (χ4n) is 1.46. The highest BCUT2D eigenvalue weighted by Crippen LogP contribution is 2.18. The maximum Gasteiger partial charge on any atom is 0.172 e. The van der Waals surface area contributed by atoms with Crippen LogP contribution < -0.4 is 10.6 Å². The lowest BCUT2D eigenvalue weighted by Crippen LogP contribution is -2.29. The predicted molar refractivity (Wildman–Crippen MR) is 95.9 cm³/mol. The minimum atomic E-state index is -3.22. The number of terminal acetylenes is 1. The second-order valence-electron chi connectivity index (χ2n) is 4.33. The molecule has 0 spiro atoms. The minimum Gasteiger partial charge on any atom is -0.370 e. The van der Waals surface area contributed by atoms with Crippen LogP contribution in [0.1, 0.15) is 5.69 Å². The van der Waals surface area contributed by atoms with Gasteiger partial charge in [0.05, 0.1) is 17.6 Å². The van der Waals surface area contributed by atoms with Gasteiger partial charge in [0, 0.05) is 35.0 Å². The molecular weight excluding hydrogens is 386 g/mol. The Morgan fingerprint density at radius 2 is 2.32 bits per heavy atom. The highest BCUT2D eigenvalue weighted by molar-refractivity contribution is 9.10. The van der Waals surface area contributed by atoms with Gasteiger partial charge in [-0.25, -0.2) is 8.42 Å². The summed E-state index contributed by atoms with van der Waals surface area (Å²) in [5, 5.41) is 7.03. The molecule has 0 saturated heterocycles. The van der Waals surface area contributed by atoms with E-state index in [0.29, 0.717) is 12.4 Å². The van der Waals surface area contributed by atoms with Gasteiger partial charge in [0.15, 0.2) is 9.84 Å². The zero-order chi connectivity index (χ0) is 16.4. The van der Waals surface area contributed by atoms with Crippen LogP contribution in [-0.2, 0) is 15.6 Å². The molecule has 8 heteroatoms. The van der Waals surface area contributed by atoms with Crippen molar-refractivity contribution in [2.45, 2.75) is 5.75 Å². The highest BCUT2D eigenvalue weighted by Gasteiger charge is 2.03. The van der Waals surface area contributed by atoms with E-state index in [4.69, 9.17) is 6.42 Å². The molecule has 0 aliphatic carbocycles. The van der Waals surface area contributed by atoms with Gasteiger partial charge in [-0.2, -0.15) is 11.8 Å². The Morgan fingerprint density at radius 3 is 2.95 bits per heavy atom. The molecule has 0 fully saturated rings. The average molecular weight is 404 g/mol. The van der Waals surface area contributed by atoms with Crippen molar-refractivity contribution in [1.29, 1.82) is 0 Å². The molecule has 0 atom stereocenters. The molecule has 120 valence electrons. The van der Waals surface area contributed by atoms with Crippen molar-refractivity contribution in [2.75, 3.05) is 25.1 Å². The summed E-state index contributed by atoms with van der Waals surface area (Å²) in [6.45, 7) is 0.885. The monoisotopic (exact) mass is 403 g/mol. The summed E-state index contributed by atoms with van der Waals surface area (Å²) in [5.41, 5.74) is 0.991. The van der Waals surface area contributed by atoms with Crippen LogP contribution in [0, 0.1) is 12.3 Å². The Kier molecular flexibility index (Phi) is 8.38. The van der Waals surface area contributed by atoms with Crippen molar-refractivity contribution in [3.63, 3.8) is 0 Å². The second-order valence-corrected chi connectivity index (χ2v) is 8.18. The number of halogens is 1. The molecule has 1 aromatic rings. The number of nitrogens with zero attached hydrogens (tertiary/aromatic N) is 1. The van der Waals surface area contributed by atoms with Crippen LogP contribution >= 0.6 is 27.7 Å². The molecule has 0 aliphatic heterocycles. The fourth-order valence-corrected chi connectivity index (χ4v) is 3.45. The lowest BCUT2D eigenvalue weighted by Gasteiger charge is -2.11. The number of hydrogen-bond donors (Lipinski definition) is 2. The van der Waals surface area contributed by atoms with Crippen molar-refractivity contribution in [3.05, 3.63) is 39.7 Å². The lowest BCUT2D eigenvalue weighted by atomic mass is 10.4. The summed E-state index contributed by atoms with van der Waals surface area (Å²) in [5.74, 6) is 4.42. The molecule has 0 amide bonds. The zero-order valence-corrected chi connectivity index (χ0v) is 15.4. The zero-order valence-electron chi connectivity index (χ0n) is 12.2. The predicted octanol–water partition coefficient (Wildman–Crippen LogP) is 1.73. The van der Waals surface area contributed by atoms with Crippen molar-refractivity contribution < 1.29 is 8.42 Å². The van der Waals surface area contributed by atoms with Gasteiger partial charge in [0.2, 0.25) is 0 Å². The van der Waals surface area contributed by atoms with Crippen LogP contribution in [0.4, 0.5) is 0 Å². The molecule has 2 N–H and O–H groups in total. The molecule has 0 bridgehead atoms. The summed E-state index contributed by atoms with van der Waals surface area (Å²) >= 11 is 5.16. The van der Waals surface area contributed by atoms with Crippen molar-refractivity contribution >= 4 is 37.5 Å². The van der Waals surface area contributed by atoms with Crippen molar-refractivity contribution in [2.24, 2.45) is 0 Å². The second kappa shape index (κ2) is 9.77. The third-order valence-corrected chi connectivity index (χ3v) is 4.70. The Morgan fingerprint density at radius 1 is 1.55 bits per heavy atom. The molecule has 0 saturated carbocycles. The summed E-state index contributed by atoms with van der Waals surface area (Å²) in [6.07, 6.45) is 8.06. The summed E-state index contributed by atoms with van der Waals surface area (Å²) in [7, 11) is -3.22. The molecule has 0 unspecified atom stereocenters. The van der Waals surface area contributed by atoms with Crippen LogP contribution in [0.2, 0.25) is 0 Å². The van der Waals surface area contributed by atoms with Crippen LogP contribution in [0.3, 0.4) is 0 Å². The topological polar surface area (TPSA) is 71.1 Å². The third kappa shape index (κ3) is 8.32. The van der Waals surface area contributed by atoms with E-state index in [2.05, 4.69) is 37.5 Å². The van der Waals surface area contributed by atoms with E-state index in [1.807, 2.05) is 12.1 Å². The molecule has 0 aliphatic rings. The molecule has 1 rings (SSSR count). The van der Waals surface area contributed by atoms with E-state index in [0.717, 1.165) is 33.3 Å². The van der Waals surface area contributed by atoms with E-state index in [9.17, 15) is 8.42 Å². The van der Waals surface area contributed by atoms with Gasteiger partial charge in [-0.3, -0.25) is 4.98 Å². The first kappa shape index (κ1) is 18.9. The van der Waals surface area contributed by atoms with E-state index in [1.54, 1.807) is 18.0 Å². The van der Waals surface area contributed by atoms with Crippen molar-refractivity contribution in [3.8, 4) is 12.3 Å². The fraction of sp³-hybridized carbons (Fsp3) is 0.357. The van der Waals surface area contributed by atoms with E-state index < -0.39 is 9.84 Å². The van der Waals surface area contributed by atoms with Crippen LogP contribution in [0.5, 0.6) is 0 Å². The number of nitrogens with one attached hydrogen (secondary N) is 2. The highest BCUT2D eigenvalue weighted by atomic mass is 79.9. The van der Waals surface area contributed by atoms with Gasteiger partial charge in [0.1, 0.15) is 5.82 Å². The van der Waals surface area contributed by atoms with Gasteiger partial charge in [-0.05, 0) is 28.1 Å². The molecule has 1 aromatic heterocycles. The molecular formula is C14H18BrN3O2S2. The Bertz CT molecular complexity index is 654. The SMILES string of the molecule is C#CCNC(=CS(C)(=O)=O)NCCSCc1ncccc1Br. The smallest absolute Gasteiger partial charge is 0.172 e. The van der Waals surface area contributed by atoms with Gasteiger partial charge < -0.3 is 10.6 Å². The third-order valence-electron chi connectivity index (χ3n) is 2.35. The summed E-state index contributed by atoms with van der Waals surface area (Å²) < 4.78 is 23.6. The van der Waals surface area contributed by atoms with Gasteiger partial charge in [-0.15, -0.1) is 6.42 Å². The first-order valence-corrected chi connectivity index (χ1v) is 10.3. The number of hydrogen-bond acceptors (Lipinski definition) is 6. The first-order valence-electron chi connectivity index (χ1n) is 6.42. The normalized spacial score (nSPS) is 11.8. The number of thioether (sulfide) groups is 1. The van der Waals surface area contributed by atoms with Gasteiger partial charge in [-0.1, -0.05) is 5.92 Å². The molecule has 0 radical (unpaired) electrons. The van der Waals surface area contributed by atoms with Crippen molar-refractivity contribution in [1.82, 2.24) is 15.6 Å². The number of aromatic nitrogens is 1. The molecule has 22 heavy (non-hydrogen) atoms. The maximum atomic E-state index is 11.3. The summed E-state index contributed by atoms with van der Waals surface area (Å²) in [6, 6.07) is 3.83. The molecule has 5 nitrogen and oxygen atoms in total. The summed E-state index contributed by atoms with van der Waals surface area (Å²) in [4.78, 5) is 4.29.